The highest BCUT2D eigenvalue weighted by molar-refractivity contribution is 9.10. The van der Waals surface area contributed by atoms with E-state index in [1.165, 1.54) is 22.9 Å². The van der Waals surface area contributed by atoms with Crippen LogP contribution >= 0.6 is 27.3 Å². The lowest BCUT2D eigenvalue weighted by atomic mass is 10.3. The van der Waals surface area contributed by atoms with Gasteiger partial charge < -0.3 is 10.4 Å². The van der Waals surface area contributed by atoms with E-state index in [0.29, 0.717) is 9.48 Å². The number of carbonyl (C=O) groups is 2. The third-order valence-corrected chi connectivity index (χ3v) is 4.10. The Morgan fingerprint density at radius 2 is 2.25 bits per heavy atom. The first kappa shape index (κ1) is 14.6. The van der Waals surface area contributed by atoms with E-state index in [2.05, 4.69) is 31.2 Å². The van der Waals surface area contributed by atoms with Gasteiger partial charge >= 0.3 is 5.97 Å². The van der Waals surface area contributed by atoms with Gasteiger partial charge in [-0.05, 0) is 35.0 Å². The highest BCUT2D eigenvalue weighted by atomic mass is 79.9. The molecule has 0 aliphatic rings. The van der Waals surface area contributed by atoms with Crippen LogP contribution in [0, 0.1) is 0 Å². The SMILES string of the molecule is CC(NC(=O)c1ncccc1Br)c1nc(C(=O)O)cs1. The van der Waals surface area contributed by atoms with Gasteiger partial charge in [0.1, 0.15) is 10.7 Å². The summed E-state index contributed by atoms with van der Waals surface area (Å²) in [6.07, 6.45) is 1.52. The zero-order valence-electron chi connectivity index (χ0n) is 10.3. The summed E-state index contributed by atoms with van der Waals surface area (Å²) < 4.78 is 0.593. The Bertz CT molecular complexity index is 659. The molecule has 0 aliphatic heterocycles. The first-order valence-corrected chi connectivity index (χ1v) is 7.26. The summed E-state index contributed by atoms with van der Waals surface area (Å²) in [6.45, 7) is 1.74. The smallest absolute Gasteiger partial charge is 0.355 e. The zero-order chi connectivity index (χ0) is 14.7. The molecule has 2 aromatic rings. The third kappa shape index (κ3) is 3.20. The van der Waals surface area contributed by atoms with Gasteiger partial charge in [-0.1, -0.05) is 0 Å². The van der Waals surface area contributed by atoms with Gasteiger partial charge in [-0.15, -0.1) is 11.3 Å². The maximum atomic E-state index is 12.0. The summed E-state index contributed by atoms with van der Waals surface area (Å²) in [5.41, 5.74) is 0.250. The highest BCUT2D eigenvalue weighted by Gasteiger charge is 2.18. The second-order valence-corrected chi connectivity index (χ2v) is 5.65. The minimum absolute atomic E-state index is 0.0230. The maximum Gasteiger partial charge on any atom is 0.355 e. The molecule has 0 aliphatic carbocycles. The average Bonchev–Trinajstić information content (AvgIpc) is 2.88. The normalized spacial score (nSPS) is 11.9. The predicted octanol–water partition coefficient (Wildman–Crippen LogP) is 2.49. The van der Waals surface area contributed by atoms with Crippen LogP contribution in [0.25, 0.3) is 0 Å². The molecule has 0 saturated heterocycles. The lowest BCUT2D eigenvalue weighted by Gasteiger charge is -2.11. The fraction of sp³-hybridized carbons (Fsp3) is 0.167. The first-order chi connectivity index (χ1) is 9.49. The quantitative estimate of drug-likeness (QED) is 0.878. The first-order valence-electron chi connectivity index (χ1n) is 5.59. The Balaban J connectivity index is 2.11. The van der Waals surface area contributed by atoms with Gasteiger partial charge in [0.25, 0.3) is 5.91 Å². The van der Waals surface area contributed by atoms with E-state index in [1.807, 2.05) is 0 Å². The summed E-state index contributed by atoms with van der Waals surface area (Å²) in [4.78, 5) is 30.8. The van der Waals surface area contributed by atoms with Crippen molar-refractivity contribution in [2.24, 2.45) is 0 Å². The molecule has 1 atom stereocenters. The molecule has 0 spiro atoms. The Morgan fingerprint density at radius 1 is 1.50 bits per heavy atom. The number of rotatable bonds is 4. The number of hydrogen-bond acceptors (Lipinski definition) is 5. The van der Waals surface area contributed by atoms with E-state index in [1.54, 1.807) is 19.1 Å². The summed E-state index contributed by atoms with van der Waals surface area (Å²) >= 11 is 4.44. The number of carboxylic acid groups (broad SMARTS) is 1. The van der Waals surface area contributed by atoms with Crippen LogP contribution < -0.4 is 5.32 Å². The molecule has 0 bridgehead atoms. The van der Waals surface area contributed by atoms with E-state index in [9.17, 15) is 9.59 Å². The number of nitrogens with zero attached hydrogens (tertiary/aromatic N) is 2. The number of carboxylic acids is 1. The van der Waals surface area contributed by atoms with Crippen LogP contribution in [0.1, 0.15) is 39.0 Å². The molecule has 2 rings (SSSR count). The molecule has 0 aromatic carbocycles. The Hall–Kier alpha value is -1.80. The number of carbonyl (C=O) groups excluding carboxylic acids is 1. The number of aromatic carboxylic acids is 1. The number of aromatic nitrogens is 2. The molecule has 2 heterocycles. The Kier molecular flexibility index (Phi) is 4.46. The maximum absolute atomic E-state index is 12.0. The number of amides is 1. The van der Waals surface area contributed by atoms with E-state index in [4.69, 9.17) is 5.11 Å². The second kappa shape index (κ2) is 6.10. The van der Waals surface area contributed by atoms with Gasteiger partial charge in [-0.3, -0.25) is 4.79 Å². The topological polar surface area (TPSA) is 92.2 Å². The van der Waals surface area contributed by atoms with Gasteiger partial charge in [0.05, 0.1) is 6.04 Å². The molecule has 0 radical (unpaired) electrons. The molecule has 20 heavy (non-hydrogen) atoms. The third-order valence-electron chi connectivity index (χ3n) is 2.43. The zero-order valence-corrected chi connectivity index (χ0v) is 12.7. The van der Waals surface area contributed by atoms with Crippen molar-refractivity contribution in [1.82, 2.24) is 15.3 Å². The molecule has 6 nitrogen and oxygen atoms in total. The summed E-state index contributed by atoms with van der Waals surface area (Å²) in [7, 11) is 0. The van der Waals surface area contributed by atoms with Gasteiger partial charge in [-0.2, -0.15) is 0 Å². The van der Waals surface area contributed by atoms with Crippen molar-refractivity contribution in [2.45, 2.75) is 13.0 Å². The van der Waals surface area contributed by atoms with Crippen molar-refractivity contribution >= 4 is 39.1 Å². The van der Waals surface area contributed by atoms with Gasteiger partial charge in [-0.25, -0.2) is 14.8 Å². The molecule has 1 amide bonds. The molecule has 8 heteroatoms. The van der Waals surface area contributed by atoms with Crippen molar-refractivity contribution < 1.29 is 14.7 Å². The fourth-order valence-corrected chi connectivity index (χ4v) is 2.70. The van der Waals surface area contributed by atoms with Crippen LogP contribution in [0.4, 0.5) is 0 Å². The van der Waals surface area contributed by atoms with Crippen LogP contribution in [0.5, 0.6) is 0 Å². The van der Waals surface area contributed by atoms with E-state index >= 15 is 0 Å². The number of halogens is 1. The standard InChI is InChI=1S/C12H10BrN3O3S/c1-6(11-16-8(5-20-11)12(18)19)15-10(17)9-7(13)3-2-4-14-9/h2-6H,1H3,(H,15,17)(H,18,19). The molecule has 1 unspecified atom stereocenters. The number of pyridine rings is 1. The molecule has 104 valence electrons. The number of hydrogen-bond donors (Lipinski definition) is 2. The summed E-state index contributed by atoms with van der Waals surface area (Å²) in [6, 6.07) is 3.04. The molecule has 0 fully saturated rings. The lowest BCUT2D eigenvalue weighted by Crippen LogP contribution is -2.27. The molecular formula is C12H10BrN3O3S. The van der Waals surface area contributed by atoms with Crippen LogP contribution in [0.15, 0.2) is 28.2 Å². The Morgan fingerprint density at radius 3 is 2.85 bits per heavy atom. The highest BCUT2D eigenvalue weighted by Crippen LogP contribution is 2.19. The number of nitrogens with one attached hydrogen (secondary N) is 1. The monoisotopic (exact) mass is 355 g/mol. The van der Waals surface area contributed by atoms with E-state index in [-0.39, 0.29) is 17.3 Å². The van der Waals surface area contributed by atoms with Crippen LogP contribution in [0.3, 0.4) is 0 Å². The fourth-order valence-electron chi connectivity index (χ4n) is 1.46. The minimum Gasteiger partial charge on any atom is -0.476 e. The largest absolute Gasteiger partial charge is 0.476 e. The van der Waals surface area contributed by atoms with Crippen molar-refractivity contribution in [3.63, 3.8) is 0 Å². The van der Waals surface area contributed by atoms with Crippen LogP contribution in [-0.4, -0.2) is 27.0 Å². The lowest BCUT2D eigenvalue weighted by molar-refractivity contribution is 0.0691. The van der Waals surface area contributed by atoms with Gasteiger partial charge in [0.2, 0.25) is 0 Å². The summed E-state index contributed by atoms with van der Waals surface area (Å²) in [5, 5.41) is 13.5. The molecule has 2 N–H and O–H groups in total. The van der Waals surface area contributed by atoms with Crippen molar-refractivity contribution in [1.29, 1.82) is 0 Å². The molecule has 2 aromatic heterocycles. The van der Waals surface area contributed by atoms with Crippen LogP contribution in [0.2, 0.25) is 0 Å². The minimum atomic E-state index is -1.08. The van der Waals surface area contributed by atoms with Gasteiger partial charge in [0, 0.05) is 16.0 Å². The van der Waals surface area contributed by atoms with Crippen molar-refractivity contribution in [3.05, 3.63) is 44.6 Å². The van der Waals surface area contributed by atoms with E-state index in [0.717, 1.165) is 0 Å². The summed E-state index contributed by atoms with van der Waals surface area (Å²) in [5.74, 6) is -1.43. The van der Waals surface area contributed by atoms with Crippen molar-refractivity contribution in [2.75, 3.05) is 0 Å². The number of thiazole rings is 1. The Labute approximate surface area is 127 Å². The second-order valence-electron chi connectivity index (χ2n) is 3.91. The van der Waals surface area contributed by atoms with Gasteiger partial charge in [0.15, 0.2) is 5.69 Å². The van der Waals surface area contributed by atoms with Crippen LogP contribution in [-0.2, 0) is 0 Å². The van der Waals surface area contributed by atoms with Crippen molar-refractivity contribution in [3.8, 4) is 0 Å². The average molecular weight is 356 g/mol. The molecular weight excluding hydrogens is 346 g/mol. The van der Waals surface area contributed by atoms with E-state index < -0.39 is 12.0 Å². The molecule has 0 saturated carbocycles. The predicted molar refractivity (Wildman–Crippen MR) is 76.9 cm³/mol.